The van der Waals surface area contributed by atoms with Gasteiger partial charge in [-0.15, -0.1) is 0 Å². The number of carbonyl (C=O) groups excluding carboxylic acids is 1. The molecule has 5 fully saturated rings. The molecule has 4 heteroatoms. The van der Waals surface area contributed by atoms with Crippen molar-refractivity contribution >= 4 is 6.03 Å². The first-order valence-corrected chi connectivity index (χ1v) is 9.00. The molecule has 4 bridgehead atoms. The van der Waals surface area contributed by atoms with Crippen molar-refractivity contribution in [1.29, 1.82) is 0 Å². The monoisotopic (exact) mass is 306 g/mol. The Bertz CT molecular complexity index is 489. The zero-order valence-electron chi connectivity index (χ0n) is 14.4. The van der Waals surface area contributed by atoms with Crippen molar-refractivity contribution in [1.82, 2.24) is 9.80 Å². The minimum Gasteiger partial charge on any atom is -0.390 e. The molecule has 4 aliphatic carbocycles. The van der Waals surface area contributed by atoms with Crippen molar-refractivity contribution in [3.63, 3.8) is 0 Å². The Morgan fingerprint density at radius 1 is 1.18 bits per heavy atom. The summed E-state index contributed by atoms with van der Waals surface area (Å²) in [4.78, 5) is 17.1. The number of hydrogen-bond acceptors (Lipinski definition) is 2. The summed E-state index contributed by atoms with van der Waals surface area (Å²) in [5, 5.41) is 10.8. The van der Waals surface area contributed by atoms with Gasteiger partial charge in [-0.25, -0.2) is 4.79 Å². The van der Waals surface area contributed by atoms with Crippen molar-refractivity contribution in [3.05, 3.63) is 0 Å². The molecule has 2 amide bonds. The van der Waals surface area contributed by atoms with Gasteiger partial charge < -0.3 is 14.9 Å². The van der Waals surface area contributed by atoms with Gasteiger partial charge in [0.25, 0.3) is 0 Å². The number of nitrogens with zero attached hydrogens (tertiary/aromatic N) is 2. The van der Waals surface area contributed by atoms with Crippen LogP contribution in [0.25, 0.3) is 0 Å². The first-order chi connectivity index (χ1) is 10.2. The highest BCUT2D eigenvalue weighted by Gasteiger charge is 2.59. The van der Waals surface area contributed by atoms with Crippen LogP contribution in [0.3, 0.4) is 0 Å². The molecule has 4 saturated carbocycles. The van der Waals surface area contributed by atoms with Gasteiger partial charge in [0.15, 0.2) is 0 Å². The summed E-state index contributed by atoms with van der Waals surface area (Å²) in [5.74, 6) is 2.18. The second-order valence-corrected chi connectivity index (χ2v) is 9.17. The molecule has 1 N–H and O–H groups in total. The number of rotatable bonds is 2. The number of amides is 2. The van der Waals surface area contributed by atoms with Gasteiger partial charge in [-0.2, -0.15) is 0 Å². The van der Waals surface area contributed by atoms with Gasteiger partial charge >= 0.3 is 6.03 Å². The van der Waals surface area contributed by atoms with Gasteiger partial charge in [0, 0.05) is 19.6 Å². The summed E-state index contributed by atoms with van der Waals surface area (Å²) in [6.45, 7) is 7.50. The Morgan fingerprint density at radius 3 is 2.23 bits per heavy atom. The van der Waals surface area contributed by atoms with Crippen LogP contribution in [0.5, 0.6) is 0 Å². The van der Waals surface area contributed by atoms with E-state index in [2.05, 4.69) is 25.7 Å². The molecule has 3 unspecified atom stereocenters. The quantitative estimate of drug-likeness (QED) is 0.852. The molecule has 0 radical (unpaired) electrons. The summed E-state index contributed by atoms with van der Waals surface area (Å²) >= 11 is 0. The predicted octanol–water partition coefficient (Wildman–Crippen LogP) is 2.71. The molecule has 4 nitrogen and oxygen atoms in total. The van der Waals surface area contributed by atoms with Crippen molar-refractivity contribution in [2.45, 2.75) is 70.1 Å². The third kappa shape index (κ3) is 1.82. The van der Waals surface area contributed by atoms with Crippen molar-refractivity contribution in [2.24, 2.45) is 23.7 Å². The molecule has 0 spiro atoms. The summed E-state index contributed by atoms with van der Waals surface area (Å²) in [5.41, 5.74) is -0.480. The van der Waals surface area contributed by atoms with E-state index in [0.717, 1.165) is 25.8 Å². The Balaban J connectivity index is 1.62. The van der Waals surface area contributed by atoms with Gasteiger partial charge in [-0.3, -0.25) is 0 Å². The van der Waals surface area contributed by atoms with E-state index >= 15 is 0 Å². The highest BCUT2D eigenvalue weighted by Crippen LogP contribution is 2.57. The molecule has 5 rings (SSSR count). The van der Waals surface area contributed by atoms with Crippen LogP contribution in [0.1, 0.15) is 52.9 Å². The van der Waals surface area contributed by atoms with Crippen LogP contribution < -0.4 is 0 Å². The molecule has 0 aromatic rings. The molecule has 124 valence electrons. The highest BCUT2D eigenvalue weighted by atomic mass is 16.3. The number of hydrogen-bond donors (Lipinski definition) is 1. The largest absolute Gasteiger partial charge is 0.390 e. The van der Waals surface area contributed by atoms with E-state index in [1.165, 1.54) is 12.8 Å². The SMILES string of the molecule is CC(C)C1(C)CN(C2C3CC4CC2CC(O)(C4)C3)C(=O)N1C. The van der Waals surface area contributed by atoms with E-state index in [-0.39, 0.29) is 11.6 Å². The Labute approximate surface area is 133 Å². The molecular weight excluding hydrogens is 276 g/mol. The first-order valence-electron chi connectivity index (χ1n) is 9.00. The summed E-state index contributed by atoms with van der Waals surface area (Å²) in [7, 11) is 1.96. The fraction of sp³-hybridized carbons (Fsp3) is 0.944. The molecular formula is C18H30N2O2. The van der Waals surface area contributed by atoms with E-state index in [9.17, 15) is 9.90 Å². The zero-order valence-corrected chi connectivity index (χ0v) is 14.4. The van der Waals surface area contributed by atoms with E-state index < -0.39 is 5.60 Å². The third-order valence-corrected chi connectivity index (χ3v) is 7.58. The third-order valence-electron chi connectivity index (χ3n) is 7.58. The van der Waals surface area contributed by atoms with E-state index in [1.54, 1.807) is 0 Å². The Morgan fingerprint density at radius 2 is 1.77 bits per heavy atom. The van der Waals surface area contributed by atoms with Crippen LogP contribution in [-0.2, 0) is 0 Å². The number of carbonyl (C=O) groups is 1. The van der Waals surface area contributed by atoms with Crippen molar-refractivity contribution in [2.75, 3.05) is 13.6 Å². The normalized spacial score (nSPS) is 50.5. The molecule has 1 saturated heterocycles. The maximum atomic E-state index is 12.9. The van der Waals surface area contributed by atoms with Crippen LogP contribution in [0, 0.1) is 23.7 Å². The molecule has 1 heterocycles. The Hall–Kier alpha value is -0.770. The summed E-state index contributed by atoms with van der Waals surface area (Å²) in [6, 6.07) is 0.577. The smallest absolute Gasteiger partial charge is 0.320 e. The van der Waals surface area contributed by atoms with Crippen LogP contribution in [0.2, 0.25) is 0 Å². The number of aliphatic hydroxyl groups is 1. The van der Waals surface area contributed by atoms with Gasteiger partial charge in [0.2, 0.25) is 0 Å². The topological polar surface area (TPSA) is 43.8 Å². The molecule has 0 aromatic heterocycles. The van der Waals surface area contributed by atoms with Crippen molar-refractivity contribution < 1.29 is 9.90 Å². The fourth-order valence-corrected chi connectivity index (χ4v) is 6.20. The van der Waals surface area contributed by atoms with Crippen molar-refractivity contribution in [3.8, 4) is 0 Å². The molecule has 5 aliphatic rings. The fourth-order valence-electron chi connectivity index (χ4n) is 6.20. The van der Waals surface area contributed by atoms with Crippen LogP contribution in [0.15, 0.2) is 0 Å². The lowest BCUT2D eigenvalue weighted by atomic mass is 9.52. The minimum absolute atomic E-state index is 0.0668. The molecule has 1 aliphatic heterocycles. The average Bonchev–Trinajstić information content (AvgIpc) is 2.62. The molecule has 22 heavy (non-hydrogen) atoms. The van der Waals surface area contributed by atoms with E-state index in [0.29, 0.717) is 29.7 Å². The summed E-state index contributed by atoms with van der Waals surface area (Å²) in [6.07, 6.45) is 5.27. The lowest BCUT2D eigenvalue weighted by Crippen LogP contribution is -2.62. The average molecular weight is 306 g/mol. The van der Waals surface area contributed by atoms with Gasteiger partial charge in [0.1, 0.15) is 0 Å². The predicted molar refractivity (Wildman–Crippen MR) is 85.4 cm³/mol. The lowest BCUT2D eigenvalue weighted by Gasteiger charge is -2.59. The van der Waals surface area contributed by atoms with Crippen LogP contribution in [-0.4, -0.2) is 51.7 Å². The standard InChI is InChI=1S/C18H30N2O2/c1-11(2)17(3)10-20(16(21)19(17)4)15-13-5-12-6-14(15)9-18(22,7-12)8-13/h11-15,22H,5-10H2,1-4H3. The molecule has 0 aromatic carbocycles. The minimum atomic E-state index is -0.414. The van der Waals surface area contributed by atoms with Crippen LogP contribution >= 0.6 is 0 Å². The second kappa shape index (κ2) is 4.40. The zero-order chi connectivity index (χ0) is 15.9. The second-order valence-electron chi connectivity index (χ2n) is 9.17. The lowest BCUT2D eigenvalue weighted by molar-refractivity contribution is -0.152. The highest BCUT2D eigenvalue weighted by molar-refractivity contribution is 5.78. The van der Waals surface area contributed by atoms with E-state index in [1.807, 2.05) is 11.9 Å². The number of likely N-dealkylation sites (N-methyl/N-ethyl adjacent to an activating group) is 1. The molecule has 3 atom stereocenters. The van der Waals surface area contributed by atoms with Gasteiger partial charge in [-0.1, -0.05) is 13.8 Å². The first kappa shape index (κ1) is 14.8. The van der Waals surface area contributed by atoms with Gasteiger partial charge in [0.05, 0.1) is 11.1 Å². The maximum Gasteiger partial charge on any atom is 0.320 e. The van der Waals surface area contributed by atoms with Crippen LogP contribution in [0.4, 0.5) is 4.79 Å². The summed E-state index contributed by atoms with van der Waals surface area (Å²) < 4.78 is 0. The Kier molecular flexibility index (Phi) is 2.96. The van der Waals surface area contributed by atoms with Gasteiger partial charge in [-0.05, 0) is 62.7 Å². The number of urea groups is 1. The van der Waals surface area contributed by atoms with E-state index in [4.69, 9.17) is 0 Å². The maximum absolute atomic E-state index is 12.9.